The van der Waals surface area contributed by atoms with Gasteiger partial charge in [0.1, 0.15) is 16.5 Å². The van der Waals surface area contributed by atoms with Crippen molar-refractivity contribution in [1.82, 2.24) is 0 Å². The Morgan fingerprint density at radius 3 is 2.26 bits per heavy atom. The third-order valence-electron chi connectivity index (χ3n) is 2.40. The molecule has 108 valence electrons. The lowest BCUT2D eigenvalue weighted by Gasteiger charge is -2.18. The third-order valence-corrected chi connectivity index (χ3v) is 4.22. The lowest BCUT2D eigenvalue weighted by molar-refractivity contribution is -0.165. The first-order valence-corrected chi connectivity index (χ1v) is 6.67. The Bertz CT molecular complexity index is 556. The van der Waals surface area contributed by atoms with Gasteiger partial charge in [-0.2, -0.15) is 13.2 Å². The minimum absolute atomic E-state index is 0.342. The van der Waals surface area contributed by atoms with Gasteiger partial charge in [-0.1, -0.05) is 0 Å². The molecule has 1 aromatic rings. The molecule has 1 rings (SSSR count). The molecule has 1 atom stereocenters. The lowest BCUT2D eigenvalue weighted by Crippen LogP contribution is -2.36. The number of hydrogen-bond acceptors (Lipinski definition) is 3. The van der Waals surface area contributed by atoms with Gasteiger partial charge in [0.05, 0.1) is 11.7 Å². The first-order valence-electron chi connectivity index (χ1n) is 5.02. The maximum atomic E-state index is 13.3. The Balaban J connectivity index is 3.14. The summed E-state index contributed by atoms with van der Waals surface area (Å²) in [5.41, 5.74) is 4.86. The third kappa shape index (κ3) is 3.87. The second kappa shape index (κ2) is 5.41. The number of alkyl halides is 3. The fourth-order valence-electron chi connectivity index (χ4n) is 1.37. The van der Waals surface area contributed by atoms with Gasteiger partial charge in [-0.3, -0.25) is 0 Å². The average molecular weight is 303 g/mol. The summed E-state index contributed by atoms with van der Waals surface area (Å²) < 4.78 is 86.7. The molecule has 0 saturated heterocycles. The van der Waals surface area contributed by atoms with E-state index in [0.717, 1.165) is 0 Å². The summed E-state index contributed by atoms with van der Waals surface area (Å²) in [5, 5.41) is 0. The summed E-state index contributed by atoms with van der Waals surface area (Å²) in [6.07, 6.45) is -4.83. The van der Waals surface area contributed by atoms with Gasteiger partial charge < -0.3 is 5.73 Å². The van der Waals surface area contributed by atoms with Crippen LogP contribution in [0.1, 0.15) is 0 Å². The average Bonchev–Trinajstić information content (AvgIpc) is 2.27. The van der Waals surface area contributed by atoms with E-state index >= 15 is 0 Å². The summed E-state index contributed by atoms with van der Waals surface area (Å²) in [7, 11) is -4.62. The van der Waals surface area contributed by atoms with Crippen molar-refractivity contribution in [3.8, 4) is 0 Å². The van der Waals surface area contributed by atoms with Crippen LogP contribution in [0.2, 0.25) is 0 Å². The van der Waals surface area contributed by atoms with Crippen molar-refractivity contribution in [2.75, 3.05) is 12.3 Å². The maximum absolute atomic E-state index is 13.3. The van der Waals surface area contributed by atoms with Crippen molar-refractivity contribution < 1.29 is 30.4 Å². The zero-order chi connectivity index (χ0) is 14.8. The molecule has 0 spiro atoms. The van der Waals surface area contributed by atoms with Gasteiger partial charge in [-0.15, -0.1) is 0 Å². The maximum Gasteiger partial charge on any atom is 0.394 e. The minimum Gasteiger partial charge on any atom is -0.330 e. The summed E-state index contributed by atoms with van der Waals surface area (Å²) in [6, 6.07) is 1.54. The van der Waals surface area contributed by atoms with Gasteiger partial charge in [0, 0.05) is 6.54 Å². The van der Waals surface area contributed by atoms with Crippen LogP contribution in [0.5, 0.6) is 0 Å². The number of nitrogens with two attached hydrogens (primary N) is 1. The number of hydrogen-bond donors (Lipinski definition) is 1. The molecule has 19 heavy (non-hydrogen) atoms. The normalized spacial score (nSPS) is 14.4. The lowest BCUT2D eigenvalue weighted by atomic mass is 10.2. The Kier molecular flexibility index (Phi) is 4.51. The molecule has 0 aromatic heterocycles. The molecule has 0 heterocycles. The summed E-state index contributed by atoms with van der Waals surface area (Å²) in [4.78, 5) is -1.10. The highest BCUT2D eigenvalue weighted by Gasteiger charge is 2.42. The van der Waals surface area contributed by atoms with E-state index in [0.29, 0.717) is 18.2 Å². The molecule has 0 saturated carbocycles. The SMILES string of the molecule is NCC(CS(=O)(=O)c1cc(F)ccc1F)C(F)(F)F. The smallest absolute Gasteiger partial charge is 0.330 e. The van der Waals surface area contributed by atoms with E-state index in [2.05, 4.69) is 0 Å². The van der Waals surface area contributed by atoms with E-state index in [1.165, 1.54) is 0 Å². The van der Waals surface area contributed by atoms with Gasteiger partial charge >= 0.3 is 6.18 Å². The van der Waals surface area contributed by atoms with Crippen LogP contribution >= 0.6 is 0 Å². The molecule has 1 aromatic carbocycles. The molecule has 0 aliphatic rings. The molecule has 9 heteroatoms. The number of rotatable bonds is 4. The van der Waals surface area contributed by atoms with E-state index in [9.17, 15) is 30.4 Å². The molecule has 0 radical (unpaired) electrons. The highest BCUT2D eigenvalue weighted by molar-refractivity contribution is 7.91. The molecule has 0 fully saturated rings. The van der Waals surface area contributed by atoms with Crippen molar-refractivity contribution in [2.45, 2.75) is 11.1 Å². The molecule has 1 unspecified atom stereocenters. The quantitative estimate of drug-likeness (QED) is 0.864. The van der Waals surface area contributed by atoms with Gasteiger partial charge in [-0.25, -0.2) is 17.2 Å². The van der Waals surface area contributed by atoms with Gasteiger partial charge in [-0.05, 0) is 18.2 Å². The molecule has 0 bridgehead atoms. The largest absolute Gasteiger partial charge is 0.394 e. The predicted molar refractivity (Wildman–Crippen MR) is 57.0 cm³/mol. The van der Waals surface area contributed by atoms with Crippen molar-refractivity contribution >= 4 is 9.84 Å². The molecule has 2 N–H and O–H groups in total. The van der Waals surface area contributed by atoms with Crippen molar-refractivity contribution in [3.63, 3.8) is 0 Å². The summed E-state index contributed by atoms with van der Waals surface area (Å²) >= 11 is 0. The fraction of sp³-hybridized carbons (Fsp3) is 0.400. The second-order valence-electron chi connectivity index (χ2n) is 3.83. The van der Waals surface area contributed by atoms with E-state index in [1.807, 2.05) is 0 Å². The van der Waals surface area contributed by atoms with Crippen LogP contribution in [0, 0.1) is 17.6 Å². The Morgan fingerprint density at radius 1 is 1.21 bits per heavy atom. The standard InChI is InChI=1S/C10H10F5NO2S/c11-7-1-2-8(12)9(3-7)19(17,18)5-6(4-16)10(13,14)15/h1-3,6H,4-5,16H2. The van der Waals surface area contributed by atoms with E-state index in [-0.39, 0.29) is 0 Å². The predicted octanol–water partition coefficient (Wildman–Crippen LogP) is 1.88. The van der Waals surface area contributed by atoms with Crippen LogP contribution in [0.15, 0.2) is 23.1 Å². The highest BCUT2D eigenvalue weighted by Crippen LogP contribution is 2.29. The fourth-order valence-corrected chi connectivity index (χ4v) is 3.06. The van der Waals surface area contributed by atoms with E-state index in [1.54, 1.807) is 0 Å². The molecule has 0 aliphatic heterocycles. The first-order chi connectivity index (χ1) is 8.58. The molecular weight excluding hydrogens is 293 g/mol. The monoisotopic (exact) mass is 303 g/mol. The highest BCUT2D eigenvalue weighted by atomic mass is 32.2. The molecular formula is C10H10F5NO2S. The topological polar surface area (TPSA) is 60.2 Å². The minimum atomic E-state index is -4.83. The van der Waals surface area contributed by atoms with Gasteiger partial charge in [0.15, 0.2) is 9.84 Å². The Labute approximate surface area is 106 Å². The Morgan fingerprint density at radius 2 is 1.79 bits per heavy atom. The zero-order valence-corrected chi connectivity index (χ0v) is 10.2. The van der Waals surface area contributed by atoms with Gasteiger partial charge in [0.25, 0.3) is 0 Å². The van der Waals surface area contributed by atoms with Crippen molar-refractivity contribution in [3.05, 3.63) is 29.8 Å². The number of benzene rings is 1. The number of halogens is 5. The second-order valence-corrected chi connectivity index (χ2v) is 5.83. The zero-order valence-electron chi connectivity index (χ0n) is 9.42. The van der Waals surface area contributed by atoms with Crippen molar-refractivity contribution in [2.24, 2.45) is 11.7 Å². The van der Waals surface area contributed by atoms with Crippen LogP contribution in [0.25, 0.3) is 0 Å². The van der Waals surface area contributed by atoms with Crippen LogP contribution in [0.4, 0.5) is 22.0 Å². The van der Waals surface area contributed by atoms with Crippen LogP contribution < -0.4 is 5.73 Å². The molecule has 0 aliphatic carbocycles. The van der Waals surface area contributed by atoms with Crippen LogP contribution in [0.3, 0.4) is 0 Å². The van der Waals surface area contributed by atoms with E-state index < -0.39 is 50.8 Å². The van der Waals surface area contributed by atoms with Crippen LogP contribution in [-0.4, -0.2) is 26.9 Å². The molecule has 0 amide bonds. The van der Waals surface area contributed by atoms with Gasteiger partial charge in [0.2, 0.25) is 0 Å². The number of sulfone groups is 1. The van der Waals surface area contributed by atoms with E-state index in [4.69, 9.17) is 5.73 Å². The van der Waals surface area contributed by atoms with Crippen molar-refractivity contribution in [1.29, 1.82) is 0 Å². The Hall–Kier alpha value is -1.22. The first kappa shape index (κ1) is 15.8. The molecule has 3 nitrogen and oxygen atoms in total. The summed E-state index contributed by atoms with van der Waals surface area (Å²) in [6.45, 7) is -0.959. The van der Waals surface area contributed by atoms with Crippen LogP contribution in [-0.2, 0) is 9.84 Å². The summed E-state index contributed by atoms with van der Waals surface area (Å²) in [5.74, 6) is -6.12.